The van der Waals surface area contributed by atoms with Gasteiger partial charge < -0.3 is 19.5 Å². The normalized spacial score (nSPS) is 17.6. The summed E-state index contributed by atoms with van der Waals surface area (Å²) in [4.78, 5) is 26.1. The van der Waals surface area contributed by atoms with Crippen molar-refractivity contribution in [1.82, 2.24) is 0 Å². The summed E-state index contributed by atoms with van der Waals surface area (Å²) in [6.45, 7) is 1.49. The number of aliphatic hydroxyl groups is 1. The van der Waals surface area contributed by atoms with Gasteiger partial charge in [-0.05, 0) is 12.1 Å². The van der Waals surface area contributed by atoms with Crippen LogP contribution in [0.2, 0.25) is 0 Å². The molecule has 114 valence electrons. The van der Waals surface area contributed by atoms with Gasteiger partial charge in [0.05, 0.1) is 25.9 Å². The van der Waals surface area contributed by atoms with Crippen LogP contribution in [0.4, 0.5) is 16.2 Å². The zero-order chi connectivity index (χ0) is 15.6. The van der Waals surface area contributed by atoms with E-state index in [1.807, 2.05) is 0 Å². The van der Waals surface area contributed by atoms with Gasteiger partial charge in [0.25, 0.3) is 0 Å². The smallest absolute Gasteiger partial charge is 0.414 e. The topological polar surface area (TPSA) is 79.3 Å². The van der Waals surface area contributed by atoms with Gasteiger partial charge in [0, 0.05) is 25.7 Å². The molecule has 2 amide bonds. The molecular formula is C14H18N2O5. The summed E-state index contributed by atoms with van der Waals surface area (Å²) in [5.74, 6) is 0.349. The van der Waals surface area contributed by atoms with Crippen LogP contribution in [0.25, 0.3) is 0 Å². The molecule has 7 heteroatoms. The molecule has 21 heavy (non-hydrogen) atoms. The third kappa shape index (κ3) is 2.92. The summed E-state index contributed by atoms with van der Waals surface area (Å²) in [5, 5.41) is 9.07. The SMILES string of the molecule is COc1cc(N(C)C(C)=O)ccc1N1CC(CO)OC1=O. The lowest BCUT2D eigenvalue weighted by Gasteiger charge is -2.20. The van der Waals surface area contributed by atoms with Crippen molar-refractivity contribution in [3.8, 4) is 5.75 Å². The number of hydrogen-bond donors (Lipinski definition) is 1. The number of carbonyl (C=O) groups excluding carboxylic acids is 2. The van der Waals surface area contributed by atoms with Crippen molar-refractivity contribution in [2.45, 2.75) is 13.0 Å². The van der Waals surface area contributed by atoms with Crippen molar-refractivity contribution in [3.05, 3.63) is 18.2 Å². The Morgan fingerprint density at radius 1 is 1.57 bits per heavy atom. The second-order valence-corrected chi connectivity index (χ2v) is 4.73. The van der Waals surface area contributed by atoms with Gasteiger partial charge in [-0.25, -0.2) is 4.79 Å². The Balaban J connectivity index is 2.33. The number of anilines is 2. The van der Waals surface area contributed by atoms with Crippen LogP contribution in [-0.4, -0.2) is 50.5 Å². The van der Waals surface area contributed by atoms with Crippen molar-refractivity contribution < 1.29 is 24.2 Å². The molecule has 1 aromatic carbocycles. The minimum Gasteiger partial charge on any atom is -0.494 e. The molecule has 1 N–H and O–H groups in total. The highest BCUT2D eigenvalue weighted by molar-refractivity contribution is 5.94. The van der Waals surface area contributed by atoms with Crippen LogP contribution in [-0.2, 0) is 9.53 Å². The summed E-state index contributed by atoms with van der Waals surface area (Å²) in [5.41, 5.74) is 1.20. The number of methoxy groups -OCH3 is 1. The second kappa shape index (κ2) is 6.01. The molecule has 0 aromatic heterocycles. The first kappa shape index (κ1) is 15.1. The van der Waals surface area contributed by atoms with Crippen molar-refractivity contribution in [2.24, 2.45) is 0 Å². The van der Waals surface area contributed by atoms with Gasteiger partial charge in [0.2, 0.25) is 5.91 Å². The van der Waals surface area contributed by atoms with Crippen molar-refractivity contribution >= 4 is 23.4 Å². The molecule has 1 heterocycles. The molecule has 2 rings (SSSR count). The van der Waals surface area contributed by atoms with E-state index in [1.54, 1.807) is 25.2 Å². The fourth-order valence-corrected chi connectivity index (χ4v) is 2.09. The Labute approximate surface area is 122 Å². The highest BCUT2D eigenvalue weighted by Crippen LogP contribution is 2.34. The summed E-state index contributed by atoms with van der Waals surface area (Å²) in [7, 11) is 3.14. The molecule has 1 aromatic rings. The first-order valence-electron chi connectivity index (χ1n) is 6.49. The van der Waals surface area contributed by atoms with Crippen molar-refractivity contribution in [3.63, 3.8) is 0 Å². The fourth-order valence-electron chi connectivity index (χ4n) is 2.09. The van der Waals surface area contributed by atoms with Crippen LogP contribution < -0.4 is 14.5 Å². The lowest BCUT2D eigenvalue weighted by molar-refractivity contribution is -0.116. The third-order valence-corrected chi connectivity index (χ3v) is 3.39. The summed E-state index contributed by atoms with van der Waals surface area (Å²) in [6.07, 6.45) is -1.07. The Morgan fingerprint density at radius 3 is 2.81 bits per heavy atom. The first-order valence-corrected chi connectivity index (χ1v) is 6.49. The summed E-state index contributed by atoms with van der Waals surface area (Å²) >= 11 is 0. The molecule has 1 unspecified atom stereocenters. The van der Waals surface area contributed by atoms with Crippen LogP contribution >= 0.6 is 0 Å². The van der Waals surface area contributed by atoms with E-state index < -0.39 is 12.2 Å². The molecule has 0 bridgehead atoms. The van der Waals surface area contributed by atoms with E-state index in [2.05, 4.69) is 0 Å². The Kier molecular flexibility index (Phi) is 4.32. The van der Waals surface area contributed by atoms with Gasteiger partial charge in [0.1, 0.15) is 11.9 Å². The number of rotatable bonds is 4. The third-order valence-electron chi connectivity index (χ3n) is 3.39. The second-order valence-electron chi connectivity index (χ2n) is 4.73. The minimum absolute atomic E-state index is 0.106. The van der Waals surface area contributed by atoms with E-state index in [-0.39, 0.29) is 19.1 Å². The molecule has 0 aliphatic carbocycles. The van der Waals surface area contributed by atoms with Gasteiger partial charge >= 0.3 is 6.09 Å². The number of aliphatic hydroxyl groups excluding tert-OH is 1. The van der Waals surface area contributed by atoms with Crippen molar-refractivity contribution in [2.75, 3.05) is 37.1 Å². The number of amides is 2. The largest absolute Gasteiger partial charge is 0.494 e. The fraction of sp³-hybridized carbons (Fsp3) is 0.429. The van der Waals surface area contributed by atoms with E-state index in [9.17, 15) is 9.59 Å². The summed E-state index contributed by atoms with van der Waals surface area (Å²) < 4.78 is 10.3. The van der Waals surface area contributed by atoms with Gasteiger partial charge in [-0.1, -0.05) is 0 Å². The summed E-state index contributed by atoms with van der Waals surface area (Å²) in [6, 6.07) is 5.09. The molecule has 0 spiro atoms. The Morgan fingerprint density at radius 2 is 2.29 bits per heavy atom. The van der Waals surface area contributed by atoms with Crippen LogP contribution in [0.1, 0.15) is 6.92 Å². The molecule has 7 nitrogen and oxygen atoms in total. The first-order chi connectivity index (χ1) is 9.97. The number of carbonyl (C=O) groups is 2. The number of nitrogens with zero attached hydrogens (tertiary/aromatic N) is 2. The van der Waals surface area contributed by atoms with Crippen LogP contribution in [0, 0.1) is 0 Å². The van der Waals surface area contributed by atoms with E-state index in [1.165, 1.54) is 23.8 Å². The average molecular weight is 294 g/mol. The monoisotopic (exact) mass is 294 g/mol. The van der Waals surface area contributed by atoms with Crippen LogP contribution in [0.15, 0.2) is 18.2 Å². The number of hydrogen-bond acceptors (Lipinski definition) is 5. The zero-order valence-corrected chi connectivity index (χ0v) is 12.2. The maximum atomic E-state index is 11.8. The molecule has 0 saturated carbocycles. The number of benzene rings is 1. The average Bonchev–Trinajstić information content (AvgIpc) is 2.86. The van der Waals surface area contributed by atoms with Crippen LogP contribution in [0.5, 0.6) is 5.75 Å². The lowest BCUT2D eigenvalue weighted by atomic mass is 10.2. The van der Waals surface area contributed by atoms with Gasteiger partial charge in [-0.2, -0.15) is 0 Å². The predicted octanol–water partition coefficient (Wildman–Crippen LogP) is 0.995. The van der Waals surface area contributed by atoms with E-state index >= 15 is 0 Å². The Hall–Kier alpha value is -2.28. The van der Waals surface area contributed by atoms with Gasteiger partial charge in [0.15, 0.2) is 0 Å². The molecule has 1 fully saturated rings. The van der Waals surface area contributed by atoms with E-state index in [0.29, 0.717) is 17.1 Å². The minimum atomic E-state index is -0.540. The quantitative estimate of drug-likeness (QED) is 0.896. The molecular weight excluding hydrogens is 276 g/mol. The van der Waals surface area contributed by atoms with Crippen molar-refractivity contribution in [1.29, 1.82) is 0 Å². The molecule has 1 aliphatic heterocycles. The van der Waals surface area contributed by atoms with E-state index in [4.69, 9.17) is 14.6 Å². The molecule has 1 saturated heterocycles. The highest BCUT2D eigenvalue weighted by Gasteiger charge is 2.33. The Bertz CT molecular complexity index is 560. The number of cyclic esters (lactones) is 1. The van der Waals surface area contributed by atoms with E-state index in [0.717, 1.165) is 0 Å². The van der Waals surface area contributed by atoms with Gasteiger partial charge in [-0.3, -0.25) is 9.69 Å². The molecule has 1 aliphatic rings. The van der Waals surface area contributed by atoms with Crippen LogP contribution in [0.3, 0.4) is 0 Å². The molecule has 1 atom stereocenters. The maximum absolute atomic E-state index is 11.8. The highest BCUT2D eigenvalue weighted by atomic mass is 16.6. The predicted molar refractivity (Wildman–Crippen MR) is 76.8 cm³/mol. The number of ether oxygens (including phenoxy) is 2. The molecule has 0 radical (unpaired) electrons. The van der Waals surface area contributed by atoms with Gasteiger partial charge in [-0.15, -0.1) is 0 Å². The zero-order valence-electron chi connectivity index (χ0n) is 12.2. The standard InChI is InChI=1S/C14H18N2O5/c1-9(18)15(2)10-4-5-12(13(6-10)20-3)16-7-11(8-17)21-14(16)19/h4-6,11,17H,7-8H2,1-3H3. The maximum Gasteiger partial charge on any atom is 0.414 e. The lowest BCUT2D eigenvalue weighted by Crippen LogP contribution is -2.26.